The van der Waals surface area contributed by atoms with Crippen LogP contribution in [-0.2, 0) is 13.1 Å². The van der Waals surface area contributed by atoms with Crippen molar-refractivity contribution in [1.82, 2.24) is 29.4 Å². The standard InChI is InChI=1S/C18H29N7/c1-5-23-17(12-25-14(3)9-13(2)21-25)19-20-18(23)24-11-16-7-6-8-22(16)10-15(24)4/h9,15-16H,5-8,10-12H2,1-4H3. The molecule has 0 N–H and O–H groups in total. The van der Waals surface area contributed by atoms with Crippen LogP contribution >= 0.6 is 0 Å². The number of hydrogen-bond donors (Lipinski definition) is 0. The Labute approximate surface area is 149 Å². The number of hydrogen-bond acceptors (Lipinski definition) is 5. The van der Waals surface area contributed by atoms with E-state index in [1.54, 1.807) is 0 Å². The van der Waals surface area contributed by atoms with Crippen molar-refractivity contribution >= 4 is 5.95 Å². The van der Waals surface area contributed by atoms with Gasteiger partial charge in [0, 0.05) is 37.4 Å². The molecule has 2 unspecified atom stereocenters. The third kappa shape index (κ3) is 2.94. The number of piperazine rings is 1. The fourth-order valence-electron chi connectivity index (χ4n) is 4.41. The third-order valence-corrected chi connectivity index (χ3v) is 5.71. The molecule has 4 rings (SSSR count). The van der Waals surface area contributed by atoms with Gasteiger partial charge in [-0.15, -0.1) is 10.2 Å². The predicted octanol–water partition coefficient (Wildman–Crippen LogP) is 1.83. The Bertz CT molecular complexity index is 747. The van der Waals surface area contributed by atoms with E-state index in [9.17, 15) is 0 Å². The lowest BCUT2D eigenvalue weighted by Gasteiger charge is -2.42. The molecule has 2 aromatic heterocycles. The molecule has 0 saturated carbocycles. The van der Waals surface area contributed by atoms with Gasteiger partial charge in [0.25, 0.3) is 0 Å². The lowest BCUT2D eigenvalue weighted by Crippen LogP contribution is -2.55. The zero-order chi connectivity index (χ0) is 17.6. The fourth-order valence-corrected chi connectivity index (χ4v) is 4.41. The second-order valence-corrected chi connectivity index (χ2v) is 7.54. The van der Waals surface area contributed by atoms with Gasteiger partial charge < -0.3 is 4.90 Å². The monoisotopic (exact) mass is 343 g/mol. The van der Waals surface area contributed by atoms with Gasteiger partial charge in [-0.3, -0.25) is 14.1 Å². The highest BCUT2D eigenvalue weighted by molar-refractivity contribution is 5.35. The predicted molar refractivity (Wildman–Crippen MR) is 97.9 cm³/mol. The second kappa shape index (κ2) is 6.44. The van der Waals surface area contributed by atoms with E-state index in [1.807, 2.05) is 11.6 Å². The zero-order valence-corrected chi connectivity index (χ0v) is 15.8. The van der Waals surface area contributed by atoms with E-state index in [0.717, 1.165) is 42.8 Å². The van der Waals surface area contributed by atoms with Crippen LogP contribution in [0.15, 0.2) is 6.07 Å². The molecule has 2 atom stereocenters. The molecule has 0 aromatic carbocycles. The molecule has 2 aliphatic heterocycles. The van der Waals surface area contributed by atoms with Crippen molar-refractivity contribution in [2.24, 2.45) is 0 Å². The van der Waals surface area contributed by atoms with Crippen LogP contribution < -0.4 is 4.90 Å². The molecule has 2 fully saturated rings. The molecule has 7 heteroatoms. The molecule has 0 bridgehead atoms. The van der Waals surface area contributed by atoms with Gasteiger partial charge in [0.2, 0.25) is 5.95 Å². The van der Waals surface area contributed by atoms with Crippen LogP contribution in [0.4, 0.5) is 5.95 Å². The summed E-state index contributed by atoms with van der Waals surface area (Å²) in [6.07, 6.45) is 2.64. The van der Waals surface area contributed by atoms with Crippen LogP contribution in [0.5, 0.6) is 0 Å². The minimum Gasteiger partial charge on any atom is -0.335 e. The Morgan fingerprint density at radius 1 is 1.20 bits per heavy atom. The summed E-state index contributed by atoms with van der Waals surface area (Å²) in [4.78, 5) is 5.11. The third-order valence-electron chi connectivity index (χ3n) is 5.71. The van der Waals surface area contributed by atoms with Crippen LogP contribution in [0.1, 0.15) is 43.9 Å². The quantitative estimate of drug-likeness (QED) is 0.848. The van der Waals surface area contributed by atoms with E-state index in [-0.39, 0.29) is 0 Å². The van der Waals surface area contributed by atoms with E-state index in [1.165, 1.54) is 19.4 Å². The lowest BCUT2D eigenvalue weighted by molar-refractivity contribution is 0.200. The van der Waals surface area contributed by atoms with Crippen molar-refractivity contribution in [3.05, 3.63) is 23.3 Å². The van der Waals surface area contributed by atoms with Crippen LogP contribution in [0.2, 0.25) is 0 Å². The maximum absolute atomic E-state index is 4.59. The van der Waals surface area contributed by atoms with Crippen LogP contribution in [0.25, 0.3) is 0 Å². The number of aromatic nitrogens is 5. The second-order valence-electron chi connectivity index (χ2n) is 7.54. The minimum absolute atomic E-state index is 0.477. The van der Waals surface area contributed by atoms with Crippen LogP contribution in [0, 0.1) is 13.8 Å². The van der Waals surface area contributed by atoms with E-state index >= 15 is 0 Å². The van der Waals surface area contributed by atoms with Gasteiger partial charge in [-0.05, 0) is 53.1 Å². The van der Waals surface area contributed by atoms with E-state index in [2.05, 4.69) is 56.5 Å². The highest BCUT2D eigenvalue weighted by atomic mass is 15.5. The van der Waals surface area contributed by atoms with E-state index < -0.39 is 0 Å². The minimum atomic E-state index is 0.477. The molecule has 136 valence electrons. The van der Waals surface area contributed by atoms with Gasteiger partial charge in [-0.25, -0.2) is 0 Å². The molecule has 4 heterocycles. The fraction of sp³-hybridized carbons (Fsp3) is 0.722. The molecule has 2 aromatic rings. The van der Waals surface area contributed by atoms with Gasteiger partial charge in [-0.1, -0.05) is 0 Å². The maximum Gasteiger partial charge on any atom is 0.227 e. The van der Waals surface area contributed by atoms with Gasteiger partial charge in [0.15, 0.2) is 5.82 Å². The average Bonchev–Trinajstić information content (AvgIpc) is 3.26. The SMILES string of the molecule is CCn1c(Cn2nc(C)cc2C)nnc1N1CC2CCCN2CC1C. The van der Waals surface area contributed by atoms with Gasteiger partial charge >= 0.3 is 0 Å². The summed E-state index contributed by atoms with van der Waals surface area (Å²) in [5.74, 6) is 2.02. The van der Waals surface area contributed by atoms with Crippen molar-refractivity contribution in [3.8, 4) is 0 Å². The number of rotatable bonds is 4. The Kier molecular flexibility index (Phi) is 4.27. The summed E-state index contributed by atoms with van der Waals surface area (Å²) in [5, 5.41) is 13.7. The van der Waals surface area contributed by atoms with Crippen molar-refractivity contribution in [1.29, 1.82) is 0 Å². The first-order valence-corrected chi connectivity index (χ1v) is 9.50. The molecule has 7 nitrogen and oxygen atoms in total. The average molecular weight is 343 g/mol. The smallest absolute Gasteiger partial charge is 0.227 e. The molecule has 0 amide bonds. The van der Waals surface area contributed by atoms with Crippen molar-refractivity contribution in [2.45, 2.75) is 65.7 Å². The first kappa shape index (κ1) is 16.6. The molecule has 0 radical (unpaired) electrons. The topological polar surface area (TPSA) is 55.0 Å². The van der Waals surface area contributed by atoms with Crippen LogP contribution in [-0.4, -0.2) is 61.2 Å². The number of aryl methyl sites for hydroxylation is 2. The molecular weight excluding hydrogens is 314 g/mol. The number of nitrogens with zero attached hydrogens (tertiary/aromatic N) is 7. The number of anilines is 1. The summed E-state index contributed by atoms with van der Waals surface area (Å²) in [5.41, 5.74) is 2.21. The van der Waals surface area contributed by atoms with Crippen molar-refractivity contribution in [3.63, 3.8) is 0 Å². The highest BCUT2D eigenvalue weighted by Gasteiger charge is 2.36. The summed E-state index contributed by atoms with van der Waals surface area (Å²) in [7, 11) is 0. The van der Waals surface area contributed by atoms with E-state index in [4.69, 9.17) is 0 Å². The molecule has 0 aliphatic carbocycles. The maximum atomic E-state index is 4.59. The first-order valence-electron chi connectivity index (χ1n) is 9.50. The molecule has 25 heavy (non-hydrogen) atoms. The van der Waals surface area contributed by atoms with Crippen LogP contribution in [0.3, 0.4) is 0 Å². The summed E-state index contributed by atoms with van der Waals surface area (Å²) in [6, 6.07) is 3.26. The Morgan fingerprint density at radius 3 is 2.76 bits per heavy atom. The van der Waals surface area contributed by atoms with Crippen molar-refractivity contribution < 1.29 is 0 Å². The normalized spacial score (nSPS) is 24.1. The Hall–Kier alpha value is -1.89. The largest absolute Gasteiger partial charge is 0.335 e. The zero-order valence-electron chi connectivity index (χ0n) is 15.8. The number of fused-ring (bicyclic) bond motifs is 1. The molecule has 0 spiro atoms. The summed E-state index contributed by atoms with van der Waals surface area (Å²) in [6.45, 7) is 13.6. The van der Waals surface area contributed by atoms with Gasteiger partial charge in [0.05, 0.1) is 5.69 Å². The Balaban J connectivity index is 1.60. The summed E-state index contributed by atoms with van der Waals surface area (Å²) >= 11 is 0. The molecule has 2 aliphatic rings. The van der Waals surface area contributed by atoms with Gasteiger partial charge in [0.1, 0.15) is 6.54 Å². The van der Waals surface area contributed by atoms with Gasteiger partial charge in [-0.2, -0.15) is 5.10 Å². The van der Waals surface area contributed by atoms with Crippen molar-refractivity contribution in [2.75, 3.05) is 24.5 Å². The summed E-state index contributed by atoms with van der Waals surface area (Å²) < 4.78 is 4.28. The molecular formula is C18H29N7. The Morgan fingerprint density at radius 2 is 2.04 bits per heavy atom. The first-order chi connectivity index (χ1) is 12.1. The van der Waals surface area contributed by atoms with E-state index in [0.29, 0.717) is 18.6 Å². The molecule has 2 saturated heterocycles. The lowest BCUT2D eigenvalue weighted by atomic mass is 10.1. The highest BCUT2D eigenvalue weighted by Crippen LogP contribution is 2.28.